The Labute approximate surface area is 112 Å². The molecule has 0 fully saturated rings. The third-order valence-electron chi connectivity index (χ3n) is 3.39. The molecule has 0 bridgehead atoms. The number of furan rings is 1. The molecule has 2 unspecified atom stereocenters. The van der Waals surface area contributed by atoms with Crippen LogP contribution in [0.25, 0.3) is 11.0 Å². The van der Waals surface area contributed by atoms with Crippen LogP contribution in [0.15, 0.2) is 50.6 Å². The molecular weight excluding hydrogens is 292 g/mol. The van der Waals surface area contributed by atoms with Gasteiger partial charge in [0.1, 0.15) is 10.4 Å². The standard InChI is InChI=1S/C14H9BrN2O/c15-13-5-9-10-6-16-11-4-2-1-3-8(11)14(10)18-12(9)7-17-13/h1-8,11H. The summed E-state index contributed by atoms with van der Waals surface area (Å²) in [5, 5.41) is 1.07. The van der Waals surface area contributed by atoms with Crippen LogP contribution in [-0.4, -0.2) is 17.2 Å². The fraction of sp³-hybridized carbons (Fsp3) is 0.143. The minimum absolute atomic E-state index is 0.166. The van der Waals surface area contributed by atoms with E-state index >= 15 is 0 Å². The quantitative estimate of drug-likeness (QED) is 0.697. The SMILES string of the molecule is Brc1cc2c3c(oc2cn1)C1C=CC=CC1N=C3. The molecule has 3 heterocycles. The van der Waals surface area contributed by atoms with Crippen LogP contribution >= 0.6 is 15.9 Å². The molecule has 1 aliphatic carbocycles. The summed E-state index contributed by atoms with van der Waals surface area (Å²) in [6.45, 7) is 0. The van der Waals surface area contributed by atoms with Crippen LogP contribution in [-0.2, 0) is 0 Å². The van der Waals surface area contributed by atoms with Gasteiger partial charge in [-0.3, -0.25) is 4.99 Å². The van der Waals surface area contributed by atoms with Crippen LogP contribution in [0.4, 0.5) is 0 Å². The van der Waals surface area contributed by atoms with Crippen molar-refractivity contribution in [2.24, 2.45) is 4.99 Å². The second-order valence-electron chi connectivity index (χ2n) is 4.45. The van der Waals surface area contributed by atoms with E-state index < -0.39 is 0 Å². The maximum absolute atomic E-state index is 5.96. The Bertz CT molecular complexity index is 727. The fourth-order valence-corrected chi connectivity index (χ4v) is 2.87. The molecule has 2 aromatic rings. The number of fused-ring (bicyclic) bond motifs is 5. The minimum Gasteiger partial charge on any atom is -0.458 e. The topological polar surface area (TPSA) is 38.4 Å². The highest BCUT2D eigenvalue weighted by Gasteiger charge is 2.30. The summed E-state index contributed by atoms with van der Waals surface area (Å²) in [5.41, 5.74) is 1.90. The van der Waals surface area contributed by atoms with Crippen molar-refractivity contribution in [3.05, 3.63) is 52.5 Å². The Morgan fingerprint density at radius 1 is 1.22 bits per heavy atom. The highest BCUT2D eigenvalue weighted by atomic mass is 79.9. The maximum atomic E-state index is 5.96. The van der Waals surface area contributed by atoms with Gasteiger partial charge in [-0.2, -0.15) is 0 Å². The van der Waals surface area contributed by atoms with Crippen molar-refractivity contribution in [3.8, 4) is 0 Å². The highest BCUT2D eigenvalue weighted by Crippen LogP contribution is 2.38. The van der Waals surface area contributed by atoms with E-state index in [9.17, 15) is 0 Å². The largest absolute Gasteiger partial charge is 0.458 e. The average Bonchev–Trinajstić information content (AvgIpc) is 2.77. The molecule has 0 saturated carbocycles. The monoisotopic (exact) mass is 300 g/mol. The van der Waals surface area contributed by atoms with Gasteiger partial charge in [0.2, 0.25) is 0 Å². The van der Waals surface area contributed by atoms with E-state index in [0.717, 1.165) is 26.9 Å². The van der Waals surface area contributed by atoms with E-state index in [-0.39, 0.29) is 12.0 Å². The highest BCUT2D eigenvalue weighted by molar-refractivity contribution is 9.10. The maximum Gasteiger partial charge on any atom is 0.153 e. The number of pyridine rings is 1. The van der Waals surface area contributed by atoms with Crippen molar-refractivity contribution in [2.75, 3.05) is 0 Å². The zero-order chi connectivity index (χ0) is 12.1. The van der Waals surface area contributed by atoms with E-state index in [0.29, 0.717) is 0 Å². The summed E-state index contributed by atoms with van der Waals surface area (Å²) >= 11 is 3.39. The van der Waals surface area contributed by atoms with Gasteiger partial charge in [0, 0.05) is 17.2 Å². The van der Waals surface area contributed by atoms with Gasteiger partial charge in [0.15, 0.2) is 5.58 Å². The third kappa shape index (κ3) is 1.35. The number of aliphatic imine (C=N–C) groups is 1. The van der Waals surface area contributed by atoms with E-state index in [4.69, 9.17) is 4.42 Å². The number of halogens is 1. The number of hydrogen-bond donors (Lipinski definition) is 0. The Hall–Kier alpha value is -1.68. The Morgan fingerprint density at radius 3 is 3.06 bits per heavy atom. The van der Waals surface area contributed by atoms with Crippen molar-refractivity contribution in [3.63, 3.8) is 0 Å². The smallest absolute Gasteiger partial charge is 0.153 e. The van der Waals surface area contributed by atoms with Gasteiger partial charge in [-0.1, -0.05) is 24.3 Å². The first kappa shape index (κ1) is 10.3. The molecule has 88 valence electrons. The van der Waals surface area contributed by atoms with Gasteiger partial charge in [-0.15, -0.1) is 0 Å². The van der Waals surface area contributed by atoms with Gasteiger partial charge in [0.25, 0.3) is 0 Å². The molecule has 1 aliphatic heterocycles. The lowest BCUT2D eigenvalue weighted by Crippen LogP contribution is -2.19. The summed E-state index contributed by atoms with van der Waals surface area (Å²) < 4.78 is 6.77. The molecule has 0 aromatic carbocycles. The van der Waals surface area contributed by atoms with E-state index in [2.05, 4.69) is 38.1 Å². The van der Waals surface area contributed by atoms with Crippen molar-refractivity contribution in [1.29, 1.82) is 0 Å². The first-order valence-corrected chi connectivity index (χ1v) is 6.58. The normalized spacial score (nSPS) is 24.3. The van der Waals surface area contributed by atoms with Gasteiger partial charge < -0.3 is 4.42 Å². The summed E-state index contributed by atoms with van der Waals surface area (Å²) in [5.74, 6) is 1.20. The zero-order valence-corrected chi connectivity index (χ0v) is 11.0. The van der Waals surface area contributed by atoms with Crippen LogP contribution in [0.2, 0.25) is 0 Å². The van der Waals surface area contributed by atoms with Crippen LogP contribution in [0.1, 0.15) is 17.2 Å². The van der Waals surface area contributed by atoms with Crippen molar-refractivity contribution >= 4 is 33.1 Å². The first-order valence-electron chi connectivity index (χ1n) is 5.79. The number of aromatic nitrogens is 1. The Balaban J connectivity index is 2.00. The lowest BCUT2D eigenvalue weighted by molar-refractivity contribution is 0.499. The number of nitrogens with zero attached hydrogens (tertiary/aromatic N) is 2. The predicted molar refractivity (Wildman–Crippen MR) is 74.1 cm³/mol. The molecule has 2 aromatic heterocycles. The summed E-state index contributed by atoms with van der Waals surface area (Å²) in [6.07, 6.45) is 12.0. The molecule has 4 rings (SSSR count). The first-order chi connectivity index (χ1) is 8.83. The molecule has 2 atom stereocenters. The predicted octanol–water partition coefficient (Wildman–Crippen LogP) is 3.60. The number of allylic oxidation sites excluding steroid dienone is 2. The van der Waals surface area contributed by atoms with Crippen molar-refractivity contribution in [1.82, 2.24) is 4.98 Å². The zero-order valence-electron chi connectivity index (χ0n) is 9.38. The molecular formula is C14H9BrN2O. The van der Waals surface area contributed by atoms with Gasteiger partial charge in [0.05, 0.1) is 18.2 Å². The second-order valence-corrected chi connectivity index (χ2v) is 5.26. The Kier molecular flexibility index (Phi) is 2.08. The molecule has 0 amide bonds. The minimum atomic E-state index is 0.166. The lowest BCUT2D eigenvalue weighted by Gasteiger charge is -2.22. The van der Waals surface area contributed by atoms with Crippen LogP contribution in [0.5, 0.6) is 0 Å². The van der Waals surface area contributed by atoms with Crippen LogP contribution in [0.3, 0.4) is 0 Å². The van der Waals surface area contributed by atoms with Crippen molar-refractivity contribution in [2.45, 2.75) is 12.0 Å². The van der Waals surface area contributed by atoms with Crippen LogP contribution in [0, 0.1) is 0 Å². The van der Waals surface area contributed by atoms with E-state index in [1.807, 2.05) is 24.4 Å². The van der Waals surface area contributed by atoms with Crippen LogP contribution < -0.4 is 0 Å². The second kappa shape index (κ2) is 3.65. The molecule has 18 heavy (non-hydrogen) atoms. The summed E-state index contributed by atoms with van der Waals surface area (Å²) in [4.78, 5) is 8.79. The van der Waals surface area contributed by atoms with E-state index in [1.54, 1.807) is 6.20 Å². The molecule has 3 nitrogen and oxygen atoms in total. The van der Waals surface area contributed by atoms with Crippen molar-refractivity contribution < 1.29 is 4.42 Å². The lowest BCUT2D eigenvalue weighted by atomic mass is 9.88. The molecule has 0 radical (unpaired) electrons. The molecule has 4 heteroatoms. The number of rotatable bonds is 0. The third-order valence-corrected chi connectivity index (χ3v) is 3.83. The average molecular weight is 301 g/mol. The molecule has 0 N–H and O–H groups in total. The molecule has 2 aliphatic rings. The summed E-state index contributed by atoms with van der Waals surface area (Å²) in [6, 6.07) is 2.14. The number of hydrogen-bond acceptors (Lipinski definition) is 3. The Morgan fingerprint density at radius 2 is 2.11 bits per heavy atom. The molecule has 0 saturated heterocycles. The van der Waals surface area contributed by atoms with E-state index in [1.165, 1.54) is 0 Å². The fourth-order valence-electron chi connectivity index (χ4n) is 2.54. The van der Waals surface area contributed by atoms with Gasteiger partial charge >= 0.3 is 0 Å². The van der Waals surface area contributed by atoms with Gasteiger partial charge in [-0.05, 0) is 22.0 Å². The molecule has 0 spiro atoms. The summed E-state index contributed by atoms with van der Waals surface area (Å²) in [7, 11) is 0. The van der Waals surface area contributed by atoms with Gasteiger partial charge in [-0.25, -0.2) is 4.98 Å².